The molecule has 0 aromatic heterocycles. The maximum absolute atomic E-state index is 10.6. The number of rotatable bonds is 5. The van der Waals surface area contributed by atoms with Gasteiger partial charge >= 0.3 is 0 Å². The fourth-order valence-corrected chi connectivity index (χ4v) is 2.92. The Kier molecular flexibility index (Phi) is 2.27. The summed E-state index contributed by atoms with van der Waals surface area (Å²) in [6.45, 7) is 6.43. The molecule has 1 N–H and O–H groups in total. The van der Waals surface area contributed by atoms with E-state index in [-0.39, 0.29) is 5.75 Å². The molecule has 15 heavy (non-hydrogen) atoms. The first kappa shape index (κ1) is 10.8. The van der Waals surface area contributed by atoms with Crippen LogP contribution in [0.2, 0.25) is 0 Å². The van der Waals surface area contributed by atoms with Crippen molar-refractivity contribution in [2.45, 2.75) is 6.42 Å². The molecule has 3 rings (SSSR count). The number of nitrogens with zero attached hydrogens (tertiary/aromatic N) is 2. The van der Waals surface area contributed by atoms with Crippen LogP contribution in [0.1, 0.15) is 6.42 Å². The molecule has 0 aliphatic carbocycles. The van der Waals surface area contributed by atoms with Crippen LogP contribution in [0.25, 0.3) is 0 Å². The normalized spacial score (nSPS) is 37.7. The molecule has 0 saturated carbocycles. The third kappa shape index (κ3) is 1.98. The van der Waals surface area contributed by atoms with Crippen molar-refractivity contribution in [3.8, 4) is 0 Å². The Morgan fingerprint density at radius 2 is 2.07 bits per heavy atom. The van der Waals surface area contributed by atoms with Crippen LogP contribution in [0.15, 0.2) is 25.2 Å². The first-order chi connectivity index (χ1) is 6.89. The standard InChI is InChI=1S/C9H15N2O3S/c1-2-10-5-6-11(8-10,9-10)4-3-7-15(12,13)14/h2,5-6H,1,3-4,7-9H2/q+1/p+1. The maximum atomic E-state index is 10.6. The van der Waals surface area contributed by atoms with Gasteiger partial charge in [-0.25, -0.2) is 0 Å². The van der Waals surface area contributed by atoms with E-state index in [4.69, 9.17) is 4.55 Å². The lowest BCUT2D eigenvalue weighted by atomic mass is 10.3. The van der Waals surface area contributed by atoms with Crippen molar-refractivity contribution in [2.75, 3.05) is 25.6 Å². The van der Waals surface area contributed by atoms with E-state index < -0.39 is 10.1 Å². The second-order valence-electron chi connectivity index (χ2n) is 4.45. The Morgan fingerprint density at radius 3 is 2.53 bits per heavy atom. The Bertz CT molecular complexity index is 407. The molecule has 1 fully saturated rings. The van der Waals surface area contributed by atoms with Crippen LogP contribution >= 0.6 is 0 Å². The van der Waals surface area contributed by atoms with E-state index >= 15 is 0 Å². The zero-order chi connectivity index (χ0) is 11.2. The molecule has 0 aromatic carbocycles. The highest BCUT2D eigenvalue weighted by molar-refractivity contribution is 7.85. The number of hydrogen-bond acceptors (Lipinski definition) is 2. The van der Waals surface area contributed by atoms with E-state index in [9.17, 15) is 8.42 Å². The van der Waals surface area contributed by atoms with Crippen molar-refractivity contribution in [3.63, 3.8) is 0 Å². The van der Waals surface area contributed by atoms with Gasteiger partial charge in [0.2, 0.25) is 13.3 Å². The molecule has 0 atom stereocenters. The molecule has 1 saturated heterocycles. The predicted molar refractivity (Wildman–Crippen MR) is 55.5 cm³/mol. The summed E-state index contributed by atoms with van der Waals surface area (Å²) in [5.74, 6) is -0.144. The molecule has 3 heterocycles. The predicted octanol–water partition coefficient (Wildman–Crippen LogP) is 0.455. The van der Waals surface area contributed by atoms with E-state index in [1.54, 1.807) is 0 Å². The summed E-state index contributed by atoms with van der Waals surface area (Å²) < 4.78 is 31.3. The van der Waals surface area contributed by atoms with Gasteiger partial charge in [-0.1, -0.05) is 0 Å². The molecule has 3 aliphatic rings. The zero-order valence-electron chi connectivity index (χ0n) is 8.54. The highest BCUT2D eigenvalue weighted by Gasteiger charge is 2.58. The minimum atomic E-state index is -3.81. The largest absolute Gasteiger partial charge is 0.286 e. The van der Waals surface area contributed by atoms with Crippen molar-refractivity contribution < 1.29 is 21.9 Å². The topological polar surface area (TPSA) is 54.4 Å². The van der Waals surface area contributed by atoms with Gasteiger partial charge in [0.05, 0.1) is 12.3 Å². The molecule has 84 valence electrons. The number of quaternary nitrogens is 2. The Balaban J connectivity index is 1.85. The molecule has 3 aliphatic heterocycles. The molecule has 0 radical (unpaired) electrons. The van der Waals surface area contributed by atoms with Crippen molar-refractivity contribution in [1.82, 2.24) is 0 Å². The number of hydrogen-bond donors (Lipinski definition) is 1. The summed E-state index contributed by atoms with van der Waals surface area (Å²) in [7, 11) is -3.81. The van der Waals surface area contributed by atoms with Crippen molar-refractivity contribution >= 4 is 10.1 Å². The summed E-state index contributed by atoms with van der Waals surface area (Å²) in [4.78, 5) is 0. The van der Waals surface area contributed by atoms with Gasteiger partial charge in [0.15, 0.2) is 12.4 Å². The first-order valence-electron chi connectivity index (χ1n) is 4.90. The van der Waals surface area contributed by atoms with Crippen LogP contribution in [-0.4, -0.2) is 47.6 Å². The van der Waals surface area contributed by atoms with Gasteiger partial charge in [-0.05, 0) is 6.58 Å². The average Bonchev–Trinajstić information content (AvgIpc) is 2.56. The molecule has 6 heteroatoms. The van der Waals surface area contributed by atoms with Gasteiger partial charge in [-0.2, -0.15) is 17.4 Å². The van der Waals surface area contributed by atoms with Gasteiger partial charge < -0.3 is 0 Å². The van der Waals surface area contributed by atoms with Gasteiger partial charge in [0.1, 0.15) is 6.20 Å². The third-order valence-corrected chi connectivity index (χ3v) is 3.94. The minimum absolute atomic E-state index is 0.144. The van der Waals surface area contributed by atoms with E-state index in [0.717, 1.165) is 28.8 Å². The van der Waals surface area contributed by atoms with Crippen LogP contribution in [-0.2, 0) is 10.1 Å². The van der Waals surface area contributed by atoms with Gasteiger partial charge in [0.25, 0.3) is 10.1 Å². The average molecular weight is 232 g/mol. The summed E-state index contributed by atoms with van der Waals surface area (Å²) in [5.41, 5.74) is 0. The van der Waals surface area contributed by atoms with Gasteiger partial charge in [-0.15, -0.1) is 0 Å². The second-order valence-corrected chi connectivity index (χ2v) is 6.02. The van der Waals surface area contributed by atoms with Crippen LogP contribution < -0.4 is 0 Å². The van der Waals surface area contributed by atoms with Crippen LogP contribution in [0.5, 0.6) is 0 Å². The summed E-state index contributed by atoms with van der Waals surface area (Å²) in [6.07, 6.45) is 6.61. The van der Waals surface area contributed by atoms with Crippen molar-refractivity contribution in [3.05, 3.63) is 25.2 Å². The van der Waals surface area contributed by atoms with E-state index in [2.05, 4.69) is 19.0 Å². The quantitative estimate of drug-likeness (QED) is 0.553. The minimum Gasteiger partial charge on any atom is -0.286 e. The van der Waals surface area contributed by atoms with Crippen LogP contribution in [0, 0.1) is 0 Å². The Hall–Kier alpha value is -0.690. The summed E-state index contributed by atoms with van der Waals surface area (Å²) in [5, 5.41) is 0. The molecular weight excluding hydrogens is 216 g/mol. The van der Waals surface area contributed by atoms with E-state index in [0.29, 0.717) is 6.42 Å². The molecule has 5 nitrogen and oxygen atoms in total. The lowest BCUT2D eigenvalue weighted by Crippen LogP contribution is -2.67. The van der Waals surface area contributed by atoms with Gasteiger partial charge in [0, 0.05) is 6.42 Å². The first-order valence-corrected chi connectivity index (χ1v) is 6.51. The molecule has 0 spiro atoms. The highest BCUT2D eigenvalue weighted by Crippen LogP contribution is 2.38. The molecule has 0 aromatic rings. The maximum Gasteiger partial charge on any atom is 0.265 e. The molecule has 0 amide bonds. The van der Waals surface area contributed by atoms with E-state index in [1.807, 2.05) is 6.20 Å². The molecule has 0 unspecified atom stereocenters. The summed E-state index contributed by atoms with van der Waals surface area (Å²) >= 11 is 0. The summed E-state index contributed by atoms with van der Waals surface area (Å²) in [6, 6.07) is 0. The fourth-order valence-electron chi connectivity index (χ4n) is 2.42. The smallest absolute Gasteiger partial charge is 0.265 e. The van der Waals surface area contributed by atoms with E-state index in [1.165, 1.54) is 0 Å². The molecule has 2 bridgehead atoms. The van der Waals surface area contributed by atoms with Crippen molar-refractivity contribution in [1.29, 1.82) is 0 Å². The SMILES string of the molecule is C=C[N+]12C=C[N+](CCCS(=O)(=O)O)(C1)C2. The van der Waals surface area contributed by atoms with Crippen molar-refractivity contribution in [2.24, 2.45) is 0 Å². The van der Waals surface area contributed by atoms with Gasteiger partial charge in [-0.3, -0.25) is 4.55 Å². The van der Waals surface area contributed by atoms with Crippen LogP contribution in [0.3, 0.4) is 0 Å². The van der Waals surface area contributed by atoms with Crippen LogP contribution in [0.4, 0.5) is 0 Å². The zero-order valence-corrected chi connectivity index (χ0v) is 9.36. The highest BCUT2D eigenvalue weighted by atomic mass is 32.2. The monoisotopic (exact) mass is 232 g/mol. The lowest BCUT2D eigenvalue weighted by Gasteiger charge is -2.44. The molecular formula is C9H16N2O3S+2. The third-order valence-electron chi connectivity index (χ3n) is 3.14. The Labute approximate surface area is 89.8 Å². The Morgan fingerprint density at radius 1 is 1.40 bits per heavy atom. The fraction of sp³-hybridized carbons (Fsp3) is 0.556. The second kappa shape index (κ2) is 3.15. The lowest BCUT2D eigenvalue weighted by molar-refractivity contribution is -1.19.